The molecule has 38 valence electrons. The number of hydrogen-bond acceptors (Lipinski definition) is 1. The van der Waals surface area contributed by atoms with Crippen molar-refractivity contribution in [3.63, 3.8) is 0 Å². The molecule has 0 amide bonds. The van der Waals surface area contributed by atoms with Crippen molar-refractivity contribution in [3.05, 3.63) is 0 Å². The minimum atomic E-state index is -3.13. The fourth-order valence-corrected chi connectivity index (χ4v) is 0. The summed E-state index contributed by atoms with van der Waals surface area (Å²) in [4.78, 5) is 14.3. The molecule has 0 spiro atoms. The minimum absolute atomic E-state index is 0. The number of hydrogen-bond donors (Lipinski definition) is 2. The van der Waals surface area contributed by atoms with E-state index in [9.17, 15) is 0 Å². The molecule has 0 fully saturated rings. The van der Waals surface area contributed by atoms with Crippen molar-refractivity contribution >= 4 is 43.9 Å². The van der Waals surface area contributed by atoms with Gasteiger partial charge in [0.25, 0.3) is 0 Å². The van der Waals surface area contributed by atoms with Crippen molar-refractivity contribution < 1.29 is 34.3 Å². The van der Waals surface area contributed by atoms with Gasteiger partial charge in [-0.15, -0.1) is 0 Å². The van der Waals surface area contributed by atoms with E-state index in [1.807, 2.05) is 0 Å². The van der Waals surface area contributed by atoms with Crippen LogP contribution in [-0.4, -0.2) is 53.5 Å². The first-order chi connectivity index (χ1) is 1.73. The molecule has 7 heavy (non-hydrogen) atoms. The first-order valence-corrected chi connectivity index (χ1v) is 1.95. The third-order valence-electron chi connectivity index (χ3n) is 0. The van der Waals surface area contributed by atoms with Gasteiger partial charge in [0.15, 0.2) is 34.7 Å². The van der Waals surface area contributed by atoms with Crippen molar-refractivity contribution in [2.75, 3.05) is 0 Å². The van der Waals surface area contributed by atoms with Gasteiger partial charge in [-0.3, -0.25) is 4.46 Å². The molecule has 0 rings (SSSR count). The molecule has 0 aromatic carbocycles. The van der Waals surface area contributed by atoms with E-state index in [1.165, 1.54) is 0 Å². The fourth-order valence-electron chi connectivity index (χ4n) is 0. The van der Waals surface area contributed by atoms with E-state index in [1.54, 1.807) is 0 Å². The van der Waals surface area contributed by atoms with Gasteiger partial charge in [-0.1, -0.05) is 0 Å². The normalized spacial score (nSPS) is 3.43. The van der Waals surface area contributed by atoms with E-state index in [2.05, 4.69) is 0 Å². The summed E-state index contributed by atoms with van der Waals surface area (Å²) in [6, 6.07) is 0. The maximum atomic E-state index is 8.74. The molecule has 0 aliphatic carbocycles. The SMILES string of the molecule is O=[Si](O)O.[AlH3].[AlH3].[H-].[Li+]. The molecule has 3 nitrogen and oxygen atoms in total. The van der Waals surface area contributed by atoms with E-state index >= 15 is 0 Å². The largest absolute Gasteiger partial charge is 1.00 e. The molecule has 0 radical (unpaired) electrons. The summed E-state index contributed by atoms with van der Waals surface area (Å²) in [6.45, 7) is 0. The summed E-state index contributed by atoms with van der Waals surface area (Å²) in [5.74, 6) is 0. The van der Waals surface area contributed by atoms with Gasteiger partial charge in [0.05, 0.1) is 0 Å². The zero-order valence-electron chi connectivity index (χ0n) is 3.80. The average molecular weight is 146 g/mol. The Morgan fingerprint density at radius 1 is 1.29 bits per heavy atom. The van der Waals surface area contributed by atoms with Crippen LogP contribution in [0.5, 0.6) is 0 Å². The van der Waals surface area contributed by atoms with Crippen LogP contribution in [0, 0.1) is 0 Å². The predicted octanol–water partition coefficient (Wildman–Crippen LogP) is -6.86. The van der Waals surface area contributed by atoms with Crippen molar-refractivity contribution in [3.8, 4) is 0 Å². The third-order valence-corrected chi connectivity index (χ3v) is 0. The molecular weight excluding hydrogens is 137 g/mol. The zero-order valence-corrected chi connectivity index (χ0v) is 3.80. The van der Waals surface area contributed by atoms with Crippen LogP contribution < -0.4 is 18.9 Å². The Morgan fingerprint density at radius 2 is 1.29 bits per heavy atom. The fraction of sp³-hybridized carbons (Fsp3) is 0. The second kappa shape index (κ2) is 15.7. The van der Waals surface area contributed by atoms with Gasteiger partial charge in [-0.2, -0.15) is 0 Å². The van der Waals surface area contributed by atoms with Crippen LogP contribution in [0.25, 0.3) is 0 Å². The molecule has 0 bridgehead atoms. The standard InChI is InChI=1S/2Al.Li.H2O3Si.7H/c;;;1-4(2)3;;;;;;;/h;;;1-2H;;;;;;;/q;;+1;;;;;;;;-1. The minimum Gasteiger partial charge on any atom is -1.00 e. The first-order valence-electron chi connectivity index (χ1n) is 0.651. The molecule has 2 N–H and O–H groups in total. The Morgan fingerprint density at radius 3 is 1.29 bits per heavy atom. The van der Waals surface area contributed by atoms with E-state index in [-0.39, 0.29) is 55.0 Å². The molecule has 0 aromatic rings. The van der Waals surface area contributed by atoms with E-state index < -0.39 is 9.17 Å². The summed E-state index contributed by atoms with van der Waals surface area (Å²) in [7, 11) is -3.13. The van der Waals surface area contributed by atoms with Crippen molar-refractivity contribution in [2.24, 2.45) is 0 Å². The Bertz CT molecular complexity index is 40.3. The Labute approximate surface area is 77.9 Å². The van der Waals surface area contributed by atoms with Crippen molar-refractivity contribution in [1.29, 1.82) is 0 Å². The van der Waals surface area contributed by atoms with Crippen LogP contribution in [0.15, 0.2) is 0 Å². The summed E-state index contributed by atoms with van der Waals surface area (Å²) in [6.07, 6.45) is 0. The summed E-state index contributed by atoms with van der Waals surface area (Å²) < 4.78 is 8.74. The average Bonchev–Trinajstić information content (AvgIpc) is 0.811. The van der Waals surface area contributed by atoms with Gasteiger partial charge in [0.1, 0.15) is 0 Å². The second-order valence-corrected chi connectivity index (χ2v) is 0.848. The second-order valence-electron chi connectivity index (χ2n) is 0.283. The van der Waals surface area contributed by atoms with Gasteiger partial charge in [-0.25, -0.2) is 0 Å². The molecular formula is H9Al2LiO3Si. The summed E-state index contributed by atoms with van der Waals surface area (Å²) in [5.41, 5.74) is 0. The molecule has 0 atom stereocenters. The molecule has 0 saturated heterocycles. The van der Waals surface area contributed by atoms with Gasteiger partial charge >= 0.3 is 28.0 Å². The van der Waals surface area contributed by atoms with Crippen LogP contribution in [-0.2, 0) is 4.46 Å². The van der Waals surface area contributed by atoms with Gasteiger partial charge in [0.2, 0.25) is 0 Å². The maximum absolute atomic E-state index is 8.74. The zero-order chi connectivity index (χ0) is 3.58. The molecule has 0 heterocycles. The molecule has 0 saturated carbocycles. The third kappa shape index (κ3) is 124. The Kier molecular flexibility index (Phi) is 53.6. The summed E-state index contributed by atoms with van der Waals surface area (Å²) in [5, 5.41) is 0. The Hall–Kier alpha value is 1.28. The van der Waals surface area contributed by atoms with Gasteiger partial charge < -0.3 is 11.0 Å². The quantitative estimate of drug-likeness (QED) is 0.334. The molecule has 7 heteroatoms. The summed E-state index contributed by atoms with van der Waals surface area (Å²) >= 11 is 0. The van der Waals surface area contributed by atoms with Crippen LogP contribution in [0.2, 0.25) is 0 Å². The van der Waals surface area contributed by atoms with E-state index in [4.69, 9.17) is 14.1 Å². The number of rotatable bonds is 0. The van der Waals surface area contributed by atoms with Gasteiger partial charge in [0, 0.05) is 0 Å². The predicted molar refractivity (Wildman–Crippen MR) is 31.9 cm³/mol. The topological polar surface area (TPSA) is 57.5 Å². The van der Waals surface area contributed by atoms with E-state index in [0.29, 0.717) is 0 Å². The monoisotopic (exact) mass is 146 g/mol. The van der Waals surface area contributed by atoms with Crippen LogP contribution in [0.4, 0.5) is 0 Å². The molecule has 0 aromatic heterocycles. The maximum Gasteiger partial charge on any atom is 1.00 e. The molecule has 0 aliphatic heterocycles. The first kappa shape index (κ1) is 24.0. The molecule has 0 unspecified atom stereocenters. The Balaban J connectivity index is -0.00000000750. The van der Waals surface area contributed by atoms with Crippen LogP contribution >= 0.6 is 0 Å². The van der Waals surface area contributed by atoms with Gasteiger partial charge in [-0.05, 0) is 0 Å². The van der Waals surface area contributed by atoms with Crippen molar-refractivity contribution in [1.82, 2.24) is 0 Å². The van der Waals surface area contributed by atoms with Crippen LogP contribution in [0.3, 0.4) is 0 Å². The van der Waals surface area contributed by atoms with Crippen molar-refractivity contribution in [2.45, 2.75) is 0 Å². The van der Waals surface area contributed by atoms with Crippen LogP contribution in [0.1, 0.15) is 1.43 Å². The smallest absolute Gasteiger partial charge is 1.00 e. The molecule has 0 aliphatic rings. The van der Waals surface area contributed by atoms with E-state index in [0.717, 1.165) is 0 Å².